The maximum atomic E-state index is 12.0. The molecule has 3 rings (SSSR count). The van der Waals surface area contributed by atoms with Crippen LogP contribution in [0.3, 0.4) is 0 Å². The highest BCUT2D eigenvalue weighted by molar-refractivity contribution is 5.92. The lowest BCUT2D eigenvalue weighted by Crippen LogP contribution is -2.25. The van der Waals surface area contributed by atoms with Crippen molar-refractivity contribution < 1.29 is 4.79 Å². The predicted molar refractivity (Wildman–Crippen MR) is 99.6 cm³/mol. The van der Waals surface area contributed by atoms with Gasteiger partial charge in [0.25, 0.3) is 0 Å². The Hall–Kier alpha value is -2.47. The van der Waals surface area contributed by atoms with Crippen LogP contribution in [0.1, 0.15) is 36.2 Å². The van der Waals surface area contributed by atoms with Crippen LogP contribution in [-0.4, -0.2) is 33.6 Å². The minimum absolute atomic E-state index is 0.0709. The lowest BCUT2D eigenvalue weighted by atomic mass is 10.1. The number of nitrogens with zero attached hydrogens (tertiary/aromatic N) is 3. The highest BCUT2D eigenvalue weighted by atomic mass is 16.1. The number of carbonyl (C=O) groups excluding carboxylic acids is 1. The van der Waals surface area contributed by atoms with Gasteiger partial charge in [0.1, 0.15) is 0 Å². The summed E-state index contributed by atoms with van der Waals surface area (Å²) < 4.78 is 1.89. The third-order valence-corrected chi connectivity index (χ3v) is 4.57. The van der Waals surface area contributed by atoms with Crippen LogP contribution in [0.15, 0.2) is 24.3 Å². The molecule has 0 aliphatic carbocycles. The Morgan fingerprint density at radius 2 is 2.04 bits per heavy atom. The fourth-order valence-electron chi connectivity index (χ4n) is 3.16. The first-order chi connectivity index (χ1) is 12.1. The molecular weight excluding hydrogens is 314 g/mol. The Morgan fingerprint density at radius 1 is 1.24 bits per heavy atom. The molecule has 1 aromatic carbocycles. The van der Waals surface area contributed by atoms with Gasteiger partial charge < -0.3 is 11.1 Å². The molecule has 6 heteroatoms. The van der Waals surface area contributed by atoms with Crippen molar-refractivity contribution in [1.82, 2.24) is 19.9 Å². The van der Waals surface area contributed by atoms with Crippen LogP contribution in [0.5, 0.6) is 0 Å². The van der Waals surface area contributed by atoms with Crippen molar-refractivity contribution in [1.29, 1.82) is 0 Å². The summed E-state index contributed by atoms with van der Waals surface area (Å²) in [7, 11) is 0. The number of hydrogen-bond donors (Lipinski definition) is 2. The van der Waals surface area contributed by atoms with Crippen LogP contribution >= 0.6 is 0 Å². The molecule has 0 aliphatic rings. The SMILES string of the molecule is Cc1nc2c3ccccc3nn2c(C)c1CCC(=O)NCCCCN. The summed E-state index contributed by atoms with van der Waals surface area (Å²) in [6.07, 6.45) is 2.98. The Bertz CT molecular complexity index is 900. The molecule has 0 aliphatic heterocycles. The summed E-state index contributed by atoms with van der Waals surface area (Å²) in [5.41, 5.74) is 10.4. The molecule has 0 fully saturated rings. The number of carbonyl (C=O) groups is 1. The van der Waals surface area contributed by atoms with Gasteiger partial charge >= 0.3 is 0 Å². The van der Waals surface area contributed by atoms with E-state index in [1.807, 2.05) is 42.6 Å². The van der Waals surface area contributed by atoms with Gasteiger partial charge in [-0.2, -0.15) is 5.10 Å². The van der Waals surface area contributed by atoms with Gasteiger partial charge in [0, 0.05) is 29.7 Å². The molecule has 132 valence electrons. The van der Waals surface area contributed by atoms with Crippen molar-refractivity contribution in [2.75, 3.05) is 13.1 Å². The molecule has 0 radical (unpaired) electrons. The molecule has 3 aromatic rings. The van der Waals surface area contributed by atoms with Crippen LogP contribution in [0.4, 0.5) is 0 Å². The second-order valence-electron chi connectivity index (χ2n) is 6.36. The Kier molecular flexibility index (Phi) is 5.28. The maximum absolute atomic E-state index is 12.0. The standard InChI is InChI=1S/C19H25N5O/c1-13-15(9-10-18(25)21-12-6-5-11-20)14(2)24-19(22-13)16-7-3-4-8-17(16)23-24/h3-4,7-8H,5-6,9-12,20H2,1-2H3,(H,21,25). The number of amides is 1. The number of aryl methyl sites for hydroxylation is 2. The average Bonchev–Trinajstić information content (AvgIpc) is 2.97. The molecule has 1 amide bonds. The summed E-state index contributed by atoms with van der Waals surface area (Å²) in [6.45, 7) is 5.40. The second-order valence-corrected chi connectivity index (χ2v) is 6.36. The zero-order valence-corrected chi connectivity index (χ0v) is 14.9. The monoisotopic (exact) mass is 339 g/mol. The first kappa shape index (κ1) is 17.4. The number of rotatable bonds is 7. The molecular formula is C19H25N5O. The first-order valence-corrected chi connectivity index (χ1v) is 8.82. The molecule has 6 nitrogen and oxygen atoms in total. The number of unbranched alkanes of at least 4 members (excludes halogenated alkanes) is 1. The van der Waals surface area contributed by atoms with E-state index in [0.29, 0.717) is 25.9 Å². The van der Waals surface area contributed by atoms with Crippen molar-refractivity contribution in [3.05, 3.63) is 41.2 Å². The maximum Gasteiger partial charge on any atom is 0.220 e. The van der Waals surface area contributed by atoms with Gasteiger partial charge in [-0.3, -0.25) is 4.79 Å². The van der Waals surface area contributed by atoms with Crippen molar-refractivity contribution in [2.24, 2.45) is 5.73 Å². The Balaban J connectivity index is 1.78. The fraction of sp³-hybridized carbons (Fsp3) is 0.421. The highest BCUT2D eigenvalue weighted by Gasteiger charge is 2.14. The molecule has 0 atom stereocenters. The van der Waals surface area contributed by atoms with Gasteiger partial charge in [-0.15, -0.1) is 0 Å². The quantitative estimate of drug-likeness (QED) is 0.647. The average molecular weight is 339 g/mol. The molecule has 0 saturated heterocycles. The third kappa shape index (κ3) is 3.64. The lowest BCUT2D eigenvalue weighted by molar-refractivity contribution is -0.121. The van der Waals surface area contributed by atoms with Crippen molar-refractivity contribution in [3.8, 4) is 0 Å². The van der Waals surface area contributed by atoms with E-state index in [9.17, 15) is 4.79 Å². The molecule has 25 heavy (non-hydrogen) atoms. The fourth-order valence-corrected chi connectivity index (χ4v) is 3.16. The minimum atomic E-state index is 0.0709. The number of benzene rings is 1. The van der Waals surface area contributed by atoms with Gasteiger partial charge in [0.2, 0.25) is 5.91 Å². The number of hydrogen-bond acceptors (Lipinski definition) is 4. The van der Waals surface area contributed by atoms with Crippen molar-refractivity contribution >= 4 is 22.5 Å². The minimum Gasteiger partial charge on any atom is -0.356 e. The van der Waals surface area contributed by atoms with E-state index in [0.717, 1.165) is 46.3 Å². The topological polar surface area (TPSA) is 85.3 Å². The number of nitrogens with one attached hydrogen (secondary N) is 1. The second kappa shape index (κ2) is 7.61. The molecule has 3 N–H and O–H groups in total. The lowest BCUT2D eigenvalue weighted by Gasteiger charge is -2.11. The molecule has 2 aromatic heterocycles. The number of fused-ring (bicyclic) bond motifs is 3. The van der Waals surface area contributed by atoms with Crippen LogP contribution in [-0.2, 0) is 11.2 Å². The zero-order chi connectivity index (χ0) is 17.8. The number of aromatic nitrogens is 3. The Labute approximate surface area is 147 Å². The van der Waals surface area contributed by atoms with Gasteiger partial charge in [0.15, 0.2) is 5.65 Å². The molecule has 0 unspecified atom stereocenters. The number of nitrogens with two attached hydrogens (primary N) is 1. The van der Waals surface area contributed by atoms with Crippen molar-refractivity contribution in [2.45, 2.75) is 39.5 Å². The van der Waals surface area contributed by atoms with E-state index in [-0.39, 0.29) is 5.91 Å². The predicted octanol–water partition coefficient (Wildman–Crippen LogP) is 2.29. The summed E-state index contributed by atoms with van der Waals surface area (Å²) in [5.74, 6) is 0.0709. The normalized spacial score (nSPS) is 11.3. The molecule has 0 saturated carbocycles. The van der Waals surface area contributed by atoms with Gasteiger partial charge in [-0.1, -0.05) is 12.1 Å². The summed E-state index contributed by atoms with van der Waals surface area (Å²) >= 11 is 0. The van der Waals surface area contributed by atoms with E-state index in [4.69, 9.17) is 10.7 Å². The van der Waals surface area contributed by atoms with Gasteiger partial charge in [0.05, 0.1) is 5.52 Å². The molecule has 0 bridgehead atoms. The summed E-state index contributed by atoms with van der Waals surface area (Å²) in [6, 6.07) is 8.01. The van der Waals surface area contributed by atoms with Gasteiger partial charge in [-0.05, 0) is 57.4 Å². The Morgan fingerprint density at radius 3 is 2.84 bits per heavy atom. The smallest absolute Gasteiger partial charge is 0.220 e. The molecule has 0 spiro atoms. The zero-order valence-electron chi connectivity index (χ0n) is 14.9. The van der Waals surface area contributed by atoms with Crippen LogP contribution < -0.4 is 11.1 Å². The van der Waals surface area contributed by atoms with Crippen LogP contribution in [0.25, 0.3) is 16.6 Å². The first-order valence-electron chi connectivity index (χ1n) is 8.82. The summed E-state index contributed by atoms with van der Waals surface area (Å²) in [5, 5.41) is 8.66. The third-order valence-electron chi connectivity index (χ3n) is 4.57. The van der Waals surface area contributed by atoms with Crippen LogP contribution in [0.2, 0.25) is 0 Å². The van der Waals surface area contributed by atoms with E-state index in [1.165, 1.54) is 0 Å². The van der Waals surface area contributed by atoms with Crippen molar-refractivity contribution in [3.63, 3.8) is 0 Å². The molecule has 2 heterocycles. The van der Waals surface area contributed by atoms with Crippen LogP contribution in [0, 0.1) is 13.8 Å². The van der Waals surface area contributed by atoms with E-state index >= 15 is 0 Å². The van der Waals surface area contributed by atoms with E-state index < -0.39 is 0 Å². The van der Waals surface area contributed by atoms with E-state index in [1.54, 1.807) is 0 Å². The van der Waals surface area contributed by atoms with Gasteiger partial charge in [-0.25, -0.2) is 9.50 Å². The highest BCUT2D eigenvalue weighted by Crippen LogP contribution is 2.22. The largest absolute Gasteiger partial charge is 0.356 e. The van der Waals surface area contributed by atoms with E-state index in [2.05, 4.69) is 10.4 Å². The summed E-state index contributed by atoms with van der Waals surface area (Å²) in [4.78, 5) is 16.8.